The van der Waals surface area contributed by atoms with E-state index in [9.17, 15) is 18.4 Å². The molecule has 0 radical (unpaired) electrons. The molecule has 2 rings (SSSR count). The van der Waals surface area contributed by atoms with Crippen LogP contribution in [0.3, 0.4) is 0 Å². The van der Waals surface area contributed by atoms with Gasteiger partial charge in [0, 0.05) is 17.7 Å². The summed E-state index contributed by atoms with van der Waals surface area (Å²) in [6.45, 7) is -0.167. The molecule has 0 spiro atoms. The van der Waals surface area contributed by atoms with Crippen molar-refractivity contribution in [3.05, 3.63) is 41.5 Å². The first-order valence-electron chi connectivity index (χ1n) is 7.19. The Labute approximate surface area is 127 Å². The summed E-state index contributed by atoms with van der Waals surface area (Å²) in [7, 11) is 0. The fraction of sp³-hybridized carbons (Fsp3) is 0.375. The second kappa shape index (κ2) is 7.15. The van der Waals surface area contributed by atoms with Crippen molar-refractivity contribution in [2.45, 2.75) is 31.7 Å². The number of halogens is 2. The Morgan fingerprint density at radius 1 is 1.27 bits per heavy atom. The molecule has 1 aromatic rings. The van der Waals surface area contributed by atoms with Gasteiger partial charge in [0.1, 0.15) is 11.6 Å². The van der Waals surface area contributed by atoms with E-state index >= 15 is 0 Å². The van der Waals surface area contributed by atoms with Crippen LogP contribution in [0.15, 0.2) is 24.3 Å². The molecule has 0 unspecified atom stereocenters. The minimum Gasteiger partial charge on any atom is -0.368 e. The van der Waals surface area contributed by atoms with Crippen LogP contribution in [0.2, 0.25) is 0 Å². The molecule has 0 heterocycles. The van der Waals surface area contributed by atoms with Gasteiger partial charge in [0.05, 0.1) is 6.54 Å². The third-order valence-corrected chi connectivity index (χ3v) is 3.74. The van der Waals surface area contributed by atoms with Crippen molar-refractivity contribution in [3.63, 3.8) is 0 Å². The molecule has 6 heteroatoms. The van der Waals surface area contributed by atoms with Gasteiger partial charge in [-0.2, -0.15) is 0 Å². The number of hydrogen-bond acceptors (Lipinski definition) is 2. The monoisotopic (exact) mass is 308 g/mol. The van der Waals surface area contributed by atoms with Crippen molar-refractivity contribution in [2.75, 3.05) is 6.54 Å². The standard InChI is InChI=1S/C16H18F2N2O2/c17-12-6-7-14(18)11(9-12)5-8-16(22)20(10-15(19)21)13-3-1-2-4-13/h5-9,13H,1-4,10H2,(H2,19,21). The quantitative estimate of drug-likeness (QED) is 0.848. The summed E-state index contributed by atoms with van der Waals surface area (Å²) in [4.78, 5) is 24.8. The Kier molecular flexibility index (Phi) is 5.25. The zero-order valence-electron chi connectivity index (χ0n) is 12.1. The lowest BCUT2D eigenvalue weighted by atomic mass is 10.1. The van der Waals surface area contributed by atoms with E-state index in [0.717, 1.165) is 50.0 Å². The minimum absolute atomic E-state index is 0.0150. The molecule has 1 aliphatic carbocycles. The predicted octanol–water partition coefficient (Wildman–Crippen LogP) is 2.23. The molecule has 0 saturated heterocycles. The molecule has 1 aliphatic rings. The second-order valence-electron chi connectivity index (χ2n) is 5.37. The van der Waals surface area contributed by atoms with Crippen LogP contribution in [0, 0.1) is 11.6 Å². The number of carbonyl (C=O) groups excluding carboxylic acids is 2. The van der Waals surface area contributed by atoms with Crippen molar-refractivity contribution in [3.8, 4) is 0 Å². The number of amides is 2. The molecular formula is C16H18F2N2O2. The van der Waals surface area contributed by atoms with Gasteiger partial charge >= 0.3 is 0 Å². The Bertz CT molecular complexity index is 596. The Balaban J connectivity index is 2.14. The lowest BCUT2D eigenvalue weighted by Crippen LogP contribution is -2.43. The fourth-order valence-electron chi connectivity index (χ4n) is 2.67. The van der Waals surface area contributed by atoms with Gasteiger partial charge in [-0.1, -0.05) is 12.8 Å². The number of nitrogens with two attached hydrogens (primary N) is 1. The van der Waals surface area contributed by atoms with Gasteiger partial charge in [-0.05, 0) is 37.1 Å². The summed E-state index contributed by atoms with van der Waals surface area (Å²) >= 11 is 0. The second-order valence-corrected chi connectivity index (χ2v) is 5.37. The topological polar surface area (TPSA) is 63.4 Å². The van der Waals surface area contributed by atoms with Crippen molar-refractivity contribution in [1.82, 2.24) is 4.90 Å². The Morgan fingerprint density at radius 2 is 1.95 bits per heavy atom. The molecule has 2 N–H and O–H groups in total. The van der Waals surface area contributed by atoms with E-state index in [4.69, 9.17) is 5.73 Å². The van der Waals surface area contributed by atoms with Crippen LogP contribution >= 0.6 is 0 Å². The lowest BCUT2D eigenvalue weighted by Gasteiger charge is -2.26. The van der Waals surface area contributed by atoms with Crippen molar-refractivity contribution in [2.24, 2.45) is 5.73 Å². The summed E-state index contributed by atoms with van der Waals surface area (Å²) in [5, 5.41) is 0. The third-order valence-electron chi connectivity index (χ3n) is 3.74. The summed E-state index contributed by atoms with van der Waals surface area (Å²) in [5.41, 5.74) is 5.17. The van der Waals surface area contributed by atoms with Crippen molar-refractivity contribution < 1.29 is 18.4 Å². The molecule has 0 bridgehead atoms. The van der Waals surface area contributed by atoms with Crippen LogP contribution < -0.4 is 5.73 Å². The molecule has 2 amide bonds. The molecule has 1 saturated carbocycles. The van der Waals surface area contributed by atoms with Gasteiger partial charge < -0.3 is 10.6 Å². The van der Waals surface area contributed by atoms with E-state index in [1.807, 2.05) is 0 Å². The number of benzene rings is 1. The number of hydrogen-bond donors (Lipinski definition) is 1. The van der Waals surface area contributed by atoms with Gasteiger partial charge in [0.15, 0.2) is 0 Å². The number of rotatable bonds is 5. The van der Waals surface area contributed by atoms with Gasteiger partial charge in [-0.15, -0.1) is 0 Å². The van der Waals surface area contributed by atoms with Crippen LogP contribution in [0.5, 0.6) is 0 Å². The normalized spacial score (nSPS) is 15.4. The van der Waals surface area contributed by atoms with Crippen LogP contribution in [0.25, 0.3) is 6.08 Å². The highest BCUT2D eigenvalue weighted by Gasteiger charge is 2.26. The van der Waals surface area contributed by atoms with Gasteiger partial charge in [-0.3, -0.25) is 9.59 Å². The van der Waals surface area contributed by atoms with Crippen LogP contribution in [-0.2, 0) is 9.59 Å². The lowest BCUT2D eigenvalue weighted by molar-refractivity contribution is -0.133. The highest BCUT2D eigenvalue weighted by Crippen LogP contribution is 2.23. The summed E-state index contributed by atoms with van der Waals surface area (Å²) in [5.74, 6) is -2.22. The minimum atomic E-state index is -0.618. The average Bonchev–Trinajstić information content (AvgIpc) is 2.99. The zero-order chi connectivity index (χ0) is 16.1. The van der Waals surface area contributed by atoms with Crippen LogP contribution in [0.4, 0.5) is 8.78 Å². The zero-order valence-corrected chi connectivity index (χ0v) is 12.1. The Hall–Kier alpha value is -2.24. The molecule has 118 valence electrons. The molecule has 1 aromatic carbocycles. The molecular weight excluding hydrogens is 290 g/mol. The number of carbonyl (C=O) groups is 2. The Morgan fingerprint density at radius 3 is 2.59 bits per heavy atom. The van der Waals surface area contributed by atoms with Crippen molar-refractivity contribution in [1.29, 1.82) is 0 Å². The largest absolute Gasteiger partial charge is 0.368 e. The number of nitrogens with zero attached hydrogens (tertiary/aromatic N) is 1. The highest BCUT2D eigenvalue weighted by atomic mass is 19.1. The SMILES string of the molecule is NC(=O)CN(C(=O)C=Cc1cc(F)ccc1F)C1CCCC1. The van der Waals surface area contributed by atoms with Crippen LogP contribution in [0.1, 0.15) is 31.2 Å². The first kappa shape index (κ1) is 16.1. The highest BCUT2D eigenvalue weighted by molar-refractivity contribution is 5.94. The van der Waals surface area contributed by atoms with E-state index in [2.05, 4.69) is 0 Å². The summed E-state index contributed by atoms with van der Waals surface area (Å²) in [6.07, 6.45) is 6.00. The third kappa shape index (κ3) is 4.13. The van der Waals surface area contributed by atoms with E-state index in [1.54, 1.807) is 0 Å². The molecule has 0 aliphatic heterocycles. The summed E-state index contributed by atoms with van der Waals surface area (Å²) < 4.78 is 26.6. The van der Waals surface area contributed by atoms with Gasteiger partial charge in [-0.25, -0.2) is 8.78 Å². The molecule has 0 aromatic heterocycles. The maximum absolute atomic E-state index is 13.5. The maximum atomic E-state index is 13.5. The van der Waals surface area contributed by atoms with Crippen LogP contribution in [-0.4, -0.2) is 29.3 Å². The van der Waals surface area contributed by atoms with E-state index in [-0.39, 0.29) is 18.2 Å². The first-order chi connectivity index (χ1) is 10.5. The van der Waals surface area contributed by atoms with Gasteiger partial charge in [0.25, 0.3) is 0 Å². The smallest absolute Gasteiger partial charge is 0.247 e. The maximum Gasteiger partial charge on any atom is 0.247 e. The van der Waals surface area contributed by atoms with Crippen molar-refractivity contribution >= 4 is 17.9 Å². The average molecular weight is 308 g/mol. The molecule has 22 heavy (non-hydrogen) atoms. The van der Waals surface area contributed by atoms with E-state index in [0.29, 0.717) is 0 Å². The molecule has 0 atom stereocenters. The van der Waals surface area contributed by atoms with E-state index in [1.165, 1.54) is 11.0 Å². The number of primary amides is 1. The fourth-order valence-corrected chi connectivity index (χ4v) is 2.67. The van der Waals surface area contributed by atoms with E-state index < -0.39 is 23.4 Å². The molecule has 4 nitrogen and oxygen atoms in total. The van der Waals surface area contributed by atoms with Gasteiger partial charge in [0.2, 0.25) is 11.8 Å². The molecule has 1 fully saturated rings. The predicted molar refractivity (Wildman–Crippen MR) is 78.6 cm³/mol. The summed E-state index contributed by atoms with van der Waals surface area (Å²) in [6, 6.07) is 2.99. The first-order valence-corrected chi connectivity index (χ1v) is 7.19.